The van der Waals surface area contributed by atoms with Gasteiger partial charge >= 0.3 is 0 Å². The van der Waals surface area contributed by atoms with E-state index < -0.39 is 0 Å². The molecule has 0 aliphatic heterocycles. The zero-order chi connectivity index (χ0) is 9.68. The molecular formula is C10H19N3. The summed E-state index contributed by atoms with van der Waals surface area (Å²) in [5, 5.41) is 4.27. The fourth-order valence-electron chi connectivity index (χ4n) is 1.35. The van der Waals surface area contributed by atoms with Crippen LogP contribution in [0.15, 0.2) is 12.4 Å². The van der Waals surface area contributed by atoms with Gasteiger partial charge in [-0.1, -0.05) is 13.8 Å². The van der Waals surface area contributed by atoms with E-state index in [1.165, 1.54) is 5.56 Å². The zero-order valence-electron chi connectivity index (χ0n) is 8.53. The Labute approximate surface area is 79.9 Å². The fraction of sp³-hybridized carbons (Fsp3) is 0.700. The van der Waals surface area contributed by atoms with E-state index in [1.807, 2.05) is 10.9 Å². The Kier molecular flexibility index (Phi) is 3.96. The molecule has 1 atom stereocenters. The van der Waals surface area contributed by atoms with Crippen molar-refractivity contribution in [2.45, 2.75) is 33.2 Å². The van der Waals surface area contributed by atoms with Crippen LogP contribution in [0.4, 0.5) is 0 Å². The van der Waals surface area contributed by atoms with Crippen LogP contribution in [0.25, 0.3) is 0 Å². The third kappa shape index (κ3) is 3.19. The van der Waals surface area contributed by atoms with Gasteiger partial charge in [0.1, 0.15) is 0 Å². The summed E-state index contributed by atoms with van der Waals surface area (Å²) < 4.78 is 2.00. The van der Waals surface area contributed by atoms with Crippen LogP contribution < -0.4 is 5.73 Å². The summed E-state index contributed by atoms with van der Waals surface area (Å²) in [5.74, 6) is 0.555. The van der Waals surface area contributed by atoms with Gasteiger partial charge in [0.15, 0.2) is 0 Å². The Morgan fingerprint density at radius 1 is 1.62 bits per heavy atom. The molecule has 1 aromatic heterocycles. The van der Waals surface area contributed by atoms with Crippen molar-refractivity contribution in [3.63, 3.8) is 0 Å². The summed E-state index contributed by atoms with van der Waals surface area (Å²) >= 11 is 0. The molecule has 1 heterocycles. The summed E-state index contributed by atoms with van der Waals surface area (Å²) in [6.07, 6.45) is 6.24. The van der Waals surface area contributed by atoms with Crippen molar-refractivity contribution in [2.75, 3.05) is 6.54 Å². The van der Waals surface area contributed by atoms with E-state index >= 15 is 0 Å². The molecule has 0 spiro atoms. The van der Waals surface area contributed by atoms with Gasteiger partial charge in [-0.25, -0.2) is 0 Å². The smallest absolute Gasteiger partial charge is 0.0521 e. The second-order valence-electron chi connectivity index (χ2n) is 3.66. The zero-order valence-corrected chi connectivity index (χ0v) is 8.53. The van der Waals surface area contributed by atoms with Crippen molar-refractivity contribution >= 4 is 0 Å². The number of hydrogen-bond donors (Lipinski definition) is 1. The number of nitrogens with two attached hydrogens (primary N) is 1. The summed E-state index contributed by atoms with van der Waals surface area (Å²) in [6.45, 7) is 6.08. The normalized spacial score (nSPS) is 13.2. The number of rotatable bonds is 5. The Morgan fingerprint density at radius 2 is 2.38 bits per heavy atom. The van der Waals surface area contributed by atoms with E-state index in [0.717, 1.165) is 25.9 Å². The van der Waals surface area contributed by atoms with Crippen molar-refractivity contribution in [3.8, 4) is 0 Å². The second kappa shape index (κ2) is 5.02. The molecule has 0 saturated carbocycles. The number of aryl methyl sites for hydroxylation is 1. The van der Waals surface area contributed by atoms with Gasteiger partial charge in [-0.2, -0.15) is 5.10 Å². The predicted molar refractivity (Wildman–Crippen MR) is 54.4 cm³/mol. The summed E-state index contributed by atoms with van der Waals surface area (Å²) in [4.78, 5) is 0. The molecule has 1 aromatic rings. The molecule has 0 aromatic carbocycles. The molecule has 3 heteroatoms. The van der Waals surface area contributed by atoms with Crippen LogP contribution in [0.1, 0.15) is 25.8 Å². The van der Waals surface area contributed by atoms with Crippen LogP contribution in [0, 0.1) is 5.92 Å². The van der Waals surface area contributed by atoms with Gasteiger partial charge < -0.3 is 5.73 Å². The third-order valence-corrected chi connectivity index (χ3v) is 2.13. The molecule has 0 aliphatic rings. The molecule has 1 rings (SSSR count). The minimum Gasteiger partial charge on any atom is -0.330 e. The lowest BCUT2D eigenvalue weighted by Crippen LogP contribution is -2.12. The first-order valence-electron chi connectivity index (χ1n) is 4.97. The molecule has 74 valence electrons. The van der Waals surface area contributed by atoms with Gasteiger partial charge in [0, 0.05) is 12.7 Å². The van der Waals surface area contributed by atoms with Crippen molar-refractivity contribution in [2.24, 2.45) is 11.7 Å². The molecule has 0 fully saturated rings. The van der Waals surface area contributed by atoms with Crippen molar-refractivity contribution in [1.82, 2.24) is 9.78 Å². The molecule has 0 radical (unpaired) electrons. The van der Waals surface area contributed by atoms with E-state index in [4.69, 9.17) is 5.73 Å². The maximum absolute atomic E-state index is 5.56. The molecule has 0 bridgehead atoms. The highest BCUT2D eigenvalue weighted by molar-refractivity contribution is 5.04. The van der Waals surface area contributed by atoms with Gasteiger partial charge in [-0.05, 0) is 30.9 Å². The maximum atomic E-state index is 5.56. The van der Waals surface area contributed by atoms with Crippen LogP contribution in [0.2, 0.25) is 0 Å². The molecule has 1 unspecified atom stereocenters. The van der Waals surface area contributed by atoms with E-state index in [1.54, 1.807) is 0 Å². The molecule has 0 saturated heterocycles. The number of aromatic nitrogens is 2. The summed E-state index contributed by atoms with van der Waals surface area (Å²) in [7, 11) is 0. The van der Waals surface area contributed by atoms with Gasteiger partial charge in [0.25, 0.3) is 0 Å². The van der Waals surface area contributed by atoms with Crippen LogP contribution >= 0.6 is 0 Å². The second-order valence-corrected chi connectivity index (χ2v) is 3.66. The molecule has 0 aliphatic carbocycles. The standard InChI is InChI=1S/C10H19N3/c1-3-4-13-8-10(7-12-13)5-9(2)6-11/h7-9H,3-6,11H2,1-2H3. The lowest BCUT2D eigenvalue weighted by Gasteiger charge is -2.04. The lowest BCUT2D eigenvalue weighted by atomic mass is 10.0. The van der Waals surface area contributed by atoms with E-state index in [2.05, 4.69) is 25.1 Å². The van der Waals surface area contributed by atoms with E-state index in [-0.39, 0.29) is 0 Å². The van der Waals surface area contributed by atoms with Crippen LogP contribution in [-0.4, -0.2) is 16.3 Å². The van der Waals surface area contributed by atoms with Crippen LogP contribution in [-0.2, 0) is 13.0 Å². The first-order chi connectivity index (χ1) is 6.26. The largest absolute Gasteiger partial charge is 0.330 e. The van der Waals surface area contributed by atoms with Crippen molar-refractivity contribution in [3.05, 3.63) is 18.0 Å². The van der Waals surface area contributed by atoms with E-state index in [0.29, 0.717) is 5.92 Å². The van der Waals surface area contributed by atoms with Gasteiger partial charge in [0.2, 0.25) is 0 Å². The summed E-state index contributed by atoms with van der Waals surface area (Å²) in [6, 6.07) is 0. The molecular weight excluding hydrogens is 162 g/mol. The Morgan fingerprint density at radius 3 is 3.00 bits per heavy atom. The Balaban J connectivity index is 2.48. The van der Waals surface area contributed by atoms with Gasteiger partial charge in [-0.3, -0.25) is 4.68 Å². The maximum Gasteiger partial charge on any atom is 0.0521 e. The highest BCUT2D eigenvalue weighted by atomic mass is 15.3. The third-order valence-electron chi connectivity index (χ3n) is 2.13. The number of hydrogen-bond acceptors (Lipinski definition) is 2. The lowest BCUT2D eigenvalue weighted by molar-refractivity contribution is 0.586. The average molecular weight is 181 g/mol. The SMILES string of the molecule is CCCn1cc(CC(C)CN)cn1. The van der Waals surface area contributed by atoms with Crippen molar-refractivity contribution in [1.29, 1.82) is 0 Å². The first-order valence-corrected chi connectivity index (χ1v) is 4.97. The fourth-order valence-corrected chi connectivity index (χ4v) is 1.35. The van der Waals surface area contributed by atoms with Crippen molar-refractivity contribution < 1.29 is 0 Å². The van der Waals surface area contributed by atoms with Gasteiger partial charge in [-0.15, -0.1) is 0 Å². The quantitative estimate of drug-likeness (QED) is 0.746. The first kappa shape index (κ1) is 10.3. The predicted octanol–water partition coefficient (Wildman–Crippen LogP) is 1.43. The summed E-state index contributed by atoms with van der Waals surface area (Å²) in [5.41, 5.74) is 6.86. The van der Waals surface area contributed by atoms with Gasteiger partial charge in [0.05, 0.1) is 6.20 Å². The Hall–Kier alpha value is -0.830. The monoisotopic (exact) mass is 181 g/mol. The number of nitrogens with zero attached hydrogens (tertiary/aromatic N) is 2. The molecule has 2 N–H and O–H groups in total. The highest BCUT2D eigenvalue weighted by Crippen LogP contribution is 2.06. The molecule has 13 heavy (non-hydrogen) atoms. The average Bonchev–Trinajstić information content (AvgIpc) is 2.53. The molecule has 0 amide bonds. The minimum atomic E-state index is 0.555. The molecule has 3 nitrogen and oxygen atoms in total. The topological polar surface area (TPSA) is 43.8 Å². The highest BCUT2D eigenvalue weighted by Gasteiger charge is 2.03. The van der Waals surface area contributed by atoms with Crippen LogP contribution in [0.3, 0.4) is 0 Å². The minimum absolute atomic E-state index is 0.555. The van der Waals surface area contributed by atoms with E-state index in [9.17, 15) is 0 Å². The van der Waals surface area contributed by atoms with Crippen LogP contribution in [0.5, 0.6) is 0 Å². The Bertz CT molecular complexity index is 242.